The molecule has 0 bridgehead atoms. The van der Waals surface area contributed by atoms with E-state index in [4.69, 9.17) is 11.6 Å². The van der Waals surface area contributed by atoms with Gasteiger partial charge in [0.2, 0.25) is 0 Å². The van der Waals surface area contributed by atoms with E-state index in [0.717, 1.165) is 35.9 Å². The average Bonchev–Trinajstić information content (AvgIpc) is 3.47. The molecule has 1 heterocycles. The van der Waals surface area contributed by atoms with Crippen molar-refractivity contribution in [1.29, 1.82) is 0 Å². The van der Waals surface area contributed by atoms with Gasteiger partial charge in [0.15, 0.2) is 0 Å². The van der Waals surface area contributed by atoms with Crippen molar-refractivity contribution in [3.8, 4) is 0 Å². The number of anilines is 1. The molecule has 0 saturated heterocycles. The third-order valence-electron chi connectivity index (χ3n) is 5.07. The molecular weight excluding hydrogens is 412 g/mol. The fourth-order valence-electron chi connectivity index (χ4n) is 3.44. The van der Waals surface area contributed by atoms with Crippen molar-refractivity contribution in [2.45, 2.75) is 31.6 Å². The van der Waals surface area contributed by atoms with Crippen molar-refractivity contribution in [2.24, 2.45) is 0 Å². The van der Waals surface area contributed by atoms with Crippen LogP contribution in [-0.2, 0) is 17.5 Å². The Balaban J connectivity index is 1.58. The minimum Gasteiger partial charge on any atom is -0.288 e. The van der Waals surface area contributed by atoms with E-state index in [9.17, 15) is 27.2 Å². The molecular formula is C20H15ClF4N2O2. The van der Waals surface area contributed by atoms with Crippen LogP contribution in [0.5, 0.6) is 0 Å². The lowest BCUT2D eigenvalue weighted by atomic mass is 10.1. The fourth-order valence-corrected chi connectivity index (χ4v) is 3.67. The summed E-state index contributed by atoms with van der Waals surface area (Å²) in [6.45, 7) is 0.207. The molecule has 0 aromatic heterocycles. The highest BCUT2D eigenvalue weighted by atomic mass is 35.5. The second-order valence-electron chi connectivity index (χ2n) is 7.13. The molecule has 1 fully saturated rings. The maximum Gasteiger partial charge on any atom is 0.416 e. The van der Waals surface area contributed by atoms with Crippen LogP contribution < -0.4 is 4.90 Å². The van der Waals surface area contributed by atoms with Crippen LogP contribution in [0.2, 0.25) is 5.02 Å². The zero-order valence-electron chi connectivity index (χ0n) is 15.0. The number of ketones is 1. The SMILES string of the molecule is O=C1C(=O)N(CN(Cc2ccc(C(F)(F)F)cc2)C2CC2)c2c(F)ccc(Cl)c21. The normalized spacial score (nSPS) is 16.7. The predicted octanol–water partition coefficient (Wildman–Crippen LogP) is 4.65. The highest BCUT2D eigenvalue weighted by molar-refractivity contribution is 6.55. The number of Topliss-reactive ketones (excluding diaryl/α,β-unsaturated/α-hetero) is 1. The Morgan fingerprint density at radius 1 is 1.07 bits per heavy atom. The van der Waals surface area contributed by atoms with Crippen LogP contribution >= 0.6 is 11.6 Å². The molecule has 2 aromatic rings. The maximum atomic E-state index is 14.4. The van der Waals surface area contributed by atoms with Gasteiger partial charge in [-0.1, -0.05) is 23.7 Å². The molecule has 152 valence electrons. The molecule has 2 aromatic carbocycles. The first kappa shape index (κ1) is 19.8. The number of hydrogen-bond acceptors (Lipinski definition) is 3. The third kappa shape index (κ3) is 3.74. The monoisotopic (exact) mass is 426 g/mol. The number of rotatable bonds is 5. The fraction of sp³-hybridized carbons (Fsp3) is 0.300. The first-order valence-corrected chi connectivity index (χ1v) is 9.29. The number of nitrogens with zero attached hydrogens (tertiary/aromatic N) is 2. The van der Waals surface area contributed by atoms with Gasteiger partial charge < -0.3 is 0 Å². The van der Waals surface area contributed by atoms with Gasteiger partial charge in [-0.3, -0.25) is 19.4 Å². The second kappa shape index (κ2) is 7.11. The predicted molar refractivity (Wildman–Crippen MR) is 98.1 cm³/mol. The molecule has 2 aliphatic rings. The molecule has 0 spiro atoms. The molecule has 9 heteroatoms. The molecule has 4 nitrogen and oxygen atoms in total. The summed E-state index contributed by atoms with van der Waals surface area (Å²) >= 11 is 5.99. The van der Waals surface area contributed by atoms with Gasteiger partial charge in [0.25, 0.3) is 5.78 Å². The summed E-state index contributed by atoms with van der Waals surface area (Å²) in [6, 6.07) is 7.18. The molecule has 1 aliphatic heterocycles. The summed E-state index contributed by atoms with van der Waals surface area (Å²) in [4.78, 5) is 27.6. The van der Waals surface area contributed by atoms with Crippen molar-refractivity contribution < 1.29 is 27.2 Å². The van der Waals surface area contributed by atoms with E-state index in [1.807, 2.05) is 4.90 Å². The van der Waals surface area contributed by atoms with Gasteiger partial charge in [-0.05, 0) is 42.7 Å². The molecule has 1 amide bonds. The van der Waals surface area contributed by atoms with Gasteiger partial charge in [-0.15, -0.1) is 0 Å². The van der Waals surface area contributed by atoms with Crippen molar-refractivity contribution in [2.75, 3.05) is 11.6 Å². The first-order valence-electron chi connectivity index (χ1n) is 8.91. The molecule has 1 saturated carbocycles. The zero-order chi connectivity index (χ0) is 20.9. The number of benzene rings is 2. The van der Waals surface area contributed by atoms with Gasteiger partial charge >= 0.3 is 12.1 Å². The number of amides is 1. The van der Waals surface area contributed by atoms with Crippen molar-refractivity contribution in [3.63, 3.8) is 0 Å². The van der Waals surface area contributed by atoms with E-state index in [2.05, 4.69) is 0 Å². The van der Waals surface area contributed by atoms with E-state index in [0.29, 0.717) is 5.56 Å². The van der Waals surface area contributed by atoms with Crippen molar-refractivity contribution >= 4 is 29.0 Å². The summed E-state index contributed by atoms with van der Waals surface area (Å²) in [5.74, 6) is -2.46. The van der Waals surface area contributed by atoms with E-state index in [-0.39, 0.29) is 35.5 Å². The number of carbonyl (C=O) groups is 2. The minimum atomic E-state index is -4.42. The van der Waals surface area contributed by atoms with Gasteiger partial charge in [-0.25, -0.2) is 4.39 Å². The Hall–Kier alpha value is -2.45. The topological polar surface area (TPSA) is 40.6 Å². The zero-order valence-corrected chi connectivity index (χ0v) is 15.7. The summed E-state index contributed by atoms with van der Waals surface area (Å²) in [6.07, 6.45) is -2.72. The van der Waals surface area contributed by atoms with E-state index < -0.39 is 29.2 Å². The van der Waals surface area contributed by atoms with Crippen molar-refractivity contribution in [3.05, 3.63) is 63.9 Å². The molecule has 4 rings (SSSR count). The lowest BCUT2D eigenvalue weighted by molar-refractivity contribution is -0.137. The Bertz CT molecular complexity index is 987. The number of fused-ring (bicyclic) bond motifs is 1. The van der Waals surface area contributed by atoms with E-state index in [1.54, 1.807) is 0 Å². The average molecular weight is 427 g/mol. The number of hydrogen-bond donors (Lipinski definition) is 0. The third-order valence-corrected chi connectivity index (χ3v) is 5.38. The highest BCUT2D eigenvalue weighted by Gasteiger charge is 2.42. The van der Waals surface area contributed by atoms with Crippen LogP contribution in [0.4, 0.5) is 23.2 Å². The number of carbonyl (C=O) groups excluding carboxylic acids is 2. The Kier molecular flexibility index (Phi) is 4.86. The molecule has 0 N–H and O–H groups in total. The molecule has 0 unspecified atom stereocenters. The van der Waals surface area contributed by atoms with Gasteiger partial charge in [0.1, 0.15) is 5.82 Å². The number of alkyl halides is 3. The lowest BCUT2D eigenvalue weighted by Crippen LogP contribution is -2.42. The lowest BCUT2D eigenvalue weighted by Gasteiger charge is -2.28. The standard InChI is InChI=1S/C20H15ClF4N2O2/c21-14-7-8-15(22)17-16(14)18(28)19(29)27(17)10-26(13-5-6-13)9-11-1-3-12(4-2-11)20(23,24)25/h1-4,7-8,13H,5-6,9-10H2. The maximum absolute atomic E-state index is 14.4. The first-order chi connectivity index (χ1) is 13.7. The van der Waals surface area contributed by atoms with Crippen LogP contribution in [-0.4, -0.2) is 29.3 Å². The Morgan fingerprint density at radius 2 is 1.72 bits per heavy atom. The summed E-state index contributed by atoms with van der Waals surface area (Å²) < 4.78 is 52.6. The summed E-state index contributed by atoms with van der Waals surface area (Å²) in [5.41, 5.74) is -0.424. The molecule has 0 atom stereocenters. The summed E-state index contributed by atoms with van der Waals surface area (Å²) in [5, 5.41) is 0.00274. The Labute approximate surface area is 168 Å². The largest absolute Gasteiger partial charge is 0.416 e. The number of halogens is 5. The molecule has 29 heavy (non-hydrogen) atoms. The van der Waals surface area contributed by atoms with Crippen LogP contribution in [0, 0.1) is 5.82 Å². The summed E-state index contributed by atoms with van der Waals surface area (Å²) in [7, 11) is 0. The van der Waals surface area contributed by atoms with E-state index in [1.165, 1.54) is 18.2 Å². The highest BCUT2D eigenvalue weighted by Crippen LogP contribution is 2.38. The molecule has 1 aliphatic carbocycles. The second-order valence-corrected chi connectivity index (χ2v) is 7.54. The van der Waals surface area contributed by atoms with E-state index >= 15 is 0 Å². The van der Waals surface area contributed by atoms with Gasteiger partial charge in [0, 0.05) is 12.6 Å². The van der Waals surface area contributed by atoms with Crippen LogP contribution in [0.3, 0.4) is 0 Å². The van der Waals surface area contributed by atoms with Crippen molar-refractivity contribution in [1.82, 2.24) is 4.90 Å². The Morgan fingerprint density at radius 3 is 2.31 bits per heavy atom. The van der Waals surface area contributed by atoms with Crippen LogP contribution in [0.1, 0.15) is 34.3 Å². The quantitative estimate of drug-likeness (QED) is 0.516. The van der Waals surface area contributed by atoms with Crippen LogP contribution in [0.15, 0.2) is 36.4 Å². The van der Waals surface area contributed by atoms with Crippen LogP contribution in [0.25, 0.3) is 0 Å². The van der Waals surface area contributed by atoms with Gasteiger partial charge in [0.05, 0.1) is 28.5 Å². The van der Waals surface area contributed by atoms with Gasteiger partial charge in [-0.2, -0.15) is 13.2 Å². The minimum absolute atomic E-state index is 0.00274. The smallest absolute Gasteiger partial charge is 0.288 e. The molecule has 0 radical (unpaired) electrons.